The van der Waals surface area contributed by atoms with E-state index >= 15 is 0 Å². The van der Waals surface area contributed by atoms with E-state index in [1.807, 2.05) is 0 Å². The molecule has 1 aliphatic rings. The van der Waals surface area contributed by atoms with Gasteiger partial charge >= 0.3 is 0 Å². The number of nitrogens with one attached hydrogen (secondary N) is 1. The molecule has 1 aliphatic carbocycles. The summed E-state index contributed by atoms with van der Waals surface area (Å²) in [4.78, 5) is 0. The van der Waals surface area contributed by atoms with Gasteiger partial charge in [-0.3, -0.25) is 0 Å². The third kappa shape index (κ3) is 2.97. The number of halogens is 2. The molecule has 2 rings (SSSR count). The maximum absolute atomic E-state index is 12.9. The number of rotatable bonds is 5. The van der Waals surface area contributed by atoms with Gasteiger partial charge in [0, 0.05) is 25.1 Å². The van der Waals surface area contributed by atoms with Crippen molar-refractivity contribution in [2.75, 3.05) is 13.2 Å². The molecule has 0 radical (unpaired) electrons. The van der Waals surface area contributed by atoms with Gasteiger partial charge in [0.15, 0.2) is 0 Å². The Morgan fingerprint density at radius 2 is 2.18 bits per heavy atom. The lowest BCUT2D eigenvalue weighted by Gasteiger charge is -2.40. The molecule has 94 valence electrons. The van der Waals surface area contributed by atoms with Crippen LogP contribution in [0.1, 0.15) is 24.8 Å². The van der Waals surface area contributed by atoms with Crippen molar-refractivity contribution in [2.24, 2.45) is 5.41 Å². The van der Waals surface area contributed by atoms with E-state index in [0.29, 0.717) is 6.54 Å². The van der Waals surface area contributed by atoms with E-state index in [0.717, 1.165) is 24.9 Å². The molecule has 0 spiro atoms. The minimum absolute atomic E-state index is 0.0732. The second kappa shape index (κ2) is 5.34. The van der Waals surface area contributed by atoms with Crippen LogP contribution in [0.3, 0.4) is 0 Å². The average Bonchev–Trinajstić information content (AvgIpc) is 2.27. The summed E-state index contributed by atoms with van der Waals surface area (Å²) in [7, 11) is 0. The molecule has 0 heterocycles. The lowest BCUT2D eigenvalue weighted by atomic mass is 9.69. The van der Waals surface area contributed by atoms with E-state index in [1.165, 1.54) is 12.5 Å². The minimum atomic E-state index is -0.388. The third-order valence-electron chi connectivity index (χ3n) is 3.56. The molecule has 17 heavy (non-hydrogen) atoms. The van der Waals surface area contributed by atoms with E-state index in [9.17, 15) is 9.50 Å². The summed E-state index contributed by atoms with van der Waals surface area (Å²) < 4.78 is 12.9. The Labute approximate surface area is 106 Å². The van der Waals surface area contributed by atoms with Gasteiger partial charge in [-0.15, -0.1) is 0 Å². The standard InChI is InChI=1S/C13H17ClFNO/c14-11-6-10(2-3-12(11)15)7-16-8-13(9-17)4-1-5-13/h2-3,6,16-17H,1,4-5,7-9H2. The first kappa shape index (κ1) is 12.8. The van der Waals surface area contributed by atoms with Crippen molar-refractivity contribution in [3.63, 3.8) is 0 Å². The highest BCUT2D eigenvalue weighted by Gasteiger charge is 2.35. The Balaban J connectivity index is 1.83. The van der Waals surface area contributed by atoms with Crippen molar-refractivity contribution < 1.29 is 9.50 Å². The summed E-state index contributed by atoms with van der Waals surface area (Å²) in [5.41, 5.74) is 1.04. The molecule has 4 heteroatoms. The second-order valence-corrected chi connectivity index (χ2v) is 5.27. The Morgan fingerprint density at radius 3 is 2.71 bits per heavy atom. The first-order chi connectivity index (χ1) is 8.15. The van der Waals surface area contributed by atoms with Gasteiger partial charge in [-0.1, -0.05) is 24.1 Å². The van der Waals surface area contributed by atoms with E-state index in [1.54, 1.807) is 12.1 Å². The van der Waals surface area contributed by atoms with Gasteiger partial charge < -0.3 is 10.4 Å². The highest BCUT2D eigenvalue weighted by Crippen LogP contribution is 2.39. The zero-order valence-corrected chi connectivity index (χ0v) is 10.4. The Morgan fingerprint density at radius 1 is 1.41 bits per heavy atom. The summed E-state index contributed by atoms with van der Waals surface area (Å²) in [5.74, 6) is -0.388. The fourth-order valence-corrected chi connectivity index (χ4v) is 2.39. The minimum Gasteiger partial charge on any atom is -0.396 e. The van der Waals surface area contributed by atoms with Crippen LogP contribution < -0.4 is 5.32 Å². The number of hydrogen-bond acceptors (Lipinski definition) is 2. The van der Waals surface area contributed by atoms with Crippen molar-refractivity contribution in [3.05, 3.63) is 34.6 Å². The highest BCUT2D eigenvalue weighted by atomic mass is 35.5. The van der Waals surface area contributed by atoms with Gasteiger partial charge in [0.1, 0.15) is 5.82 Å². The molecule has 0 amide bonds. The quantitative estimate of drug-likeness (QED) is 0.850. The van der Waals surface area contributed by atoms with Crippen molar-refractivity contribution in [3.8, 4) is 0 Å². The monoisotopic (exact) mass is 257 g/mol. The fraction of sp³-hybridized carbons (Fsp3) is 0.538. The number of aliphatic hydroxyl groups is 1. The molecular formula is C13H17ClFNO. The van der Waals surface area contributed by atoms with Gasteiger partial charge in [-0.25, -0.2) is 4.39 Å². The molecule has 0 atom stereocenters. The molecular weight excluding hydrogens is 241 g/mol. The summed E-state index contributed by atoms with van der Waals surface area (Å²) >= 11 is 5.71. The number of hydrogen-bond donors (Lipinski definition) is 2. The second-order valence-electron chi connectivity index (χ2n) is 4.86. The highest BCUT2D eigenvalue weighted by molar-refractivity contribution is 6.30. The zero-order chi connectivity index (χ0) is 12.3. The zero-order valence-electron chi connectivity index (χ0n) is 9.68. The molecule has 1 saturated carbocycles. The summed E-state index contributed by atoms with van der Waals surface area (Å²) in [6.45, 7) is 1.70. The first-order valence-corrected chi connectivity index (χ1v) is 6.29. The van der Waals surface area contributed by atoms with Gasteiger partial charge in [-0.05, 0) is 30.5 Å². The van der Waals surface area contributed by atoms with Crippen LogP contribution >= 0.6 is 11.6 Å². The maximum Gasteiger partial charge on any atom is 0.141 e. The predicted octanol–water partition coefficient (Wildman–Crippen LogP) is 2.73. The van der Waals surface area contributed by atoms with E-state index < -0.39 is 0 Å². The summed E-state index contributed by atoms with van der Waals surface area (Å²) in [5, 5.41) is 12.8. The molecule has 0 bridgehead atoms. The molecule has 1 aromatic rings. The Hall–Kier alpha value is -0.640. The number of benzene rings is 1. The molecule has 1 fully saturated rings. The lowest BCUT2D eigenvalue weighted by molar-refractivity contribution is 0.0445. The number of aliphatic hydroxyl groups excluding tert-OH is 1. The smallest absolute Gasteiger partial charge is 0.141 e. The normalized spacial score (nSPS) is 17.8. The van der Waals surface area contributed by atoms with Crippen LogP contribution in [0, 0.1) is 11.2 Å². The van der Waals surface area contributed by atoms with Crippen molar-refractivity contribution in [1.82, 2.24) is 5.32 Å². The van der Waals surface area contributed by atoms with Gasteiger partial charge in [0.05, 0.1) is 5.02 Å². The van der Waals surface area contributed by atoms with Crippen molar-refractivity contribution in [2.45, 2.75) is 25.8 Å². The predicted molar refractivity (Wildman–Crippen MR) is 66.5 cm³/mol. The largest absolute Gasteiger partial charge is 0.396 e. The van der Waals surface area contributed by atoms with Crippen LogP contribution in [0.4, 0.5) is 4.39 Å². The summed E-state index contributed by atoms with van der Waals surface area (Å²) in [6.07, 6.45) is 3.37. The van der Waals surface area contributed by atoms with Crippen molar-refractivity contribution in [1.29, 1.82) is 0 Å². The molecule has 2 N–H and O–H groups in total. The van der Waals surface area contributed by atoms with Crippen LogP contribution in [0.15, 0.2) is 18.2 Å². The van der Waals surface area contributed by atoms with Crippen LogP contribution in [0.25, 0.3) is 0 Å². The van der Waals surface area contributed by atoms with Crippen LogP contribution in [-0.2, 0) is 6.54 Å². The molecule has 0 saturated heterocycles. The van der Waals surface area contributed by atoms with Gasteiger partial charge in [0.25, 0.3) is 0 Å². The van der Waals surface area contributed by atoms with Gasteiger partial charge in [-0.2, -0.15) is 0 Å². The lowest BCUT2D eigenvalue weighted by Crippen LogP contribution is -2.42. The average molecular weight is 258 g/mol. The molecule has 2 nitrogen and oxygen atoms in total. The maximum atomic E-state index is 12.9. The van der Waals surface area contributed by atoms with Crippen molar-refractivity contribution >= 4 is 11.6 Å². The van der Waals surface area contributed by atoms with Gasteiger partial charge in [0.2, 0.25) is 0 Å². The first-order valence-electron chi connectivity index (χ1n) is 5.91. The molecule has 0 unspecified atom stereocenters. The Bertz CT molecular complexity index is 387. The van der Waals surface area contributed by atoms with E-state index in [-0.39, 0.29) is 22.9 Å². The Kier molecular flexibility index (Phi) is 4.02. The SMILES string of the molecule is OCC1(CNCc2ccc(F)c(Cl)c2)CCC1. The fourth-order valence-electron chi connectivity index (χ4n) is 2.19. The van der Waals surface area contributed by atoms with Crippen LogP contribution in [0.5, 0.6) is 0 Å². The van der Waals surface area contributed by atoms with E-state index in [2.05, 4.69) is 5.32 Å². The molecule has 0 aromatic heterocycles. The van der Waals surface area contributed by atoms with Crippen LogP contribution in [0.2, 0.25) is 5.02 Å². The summed E-state index contributed by atoms with van der Waals surface area (Å²) in [6, 6.07) is 4.74. The van der Waals surface area contributed by atoms with E-state index in [4.69, 9.17) is 11.6 Å². The topological polar surface area (TPSA) is 32.3 Å². The third-order valence-corrected chi connectivity index (χ3v) is 3.85. The van der Waals surface area contributed by atoms with Crippen LogP contribution in [-0.4, -0.2) is 18.3 Å². The molecule has 1 aromatic carbocycles. The molecule has 0 aliphatic heterocycles.